The quantitative estimate of drug-likeness (QED) is 0.908. The molecule has 0 spiro atoms. The van der Waals surface area contributed by atoms with Crippen molar-refractivity contribution < 1.29 is 23.1 Å². The lowest BCUT2D eigenvalue weighted by molar-refractivity contribution is -0.138. The van der Waals surface area contributed by atoms with Gasteiger partial charge in [-0.1, -0.05) is 36.4 Å². The molecule has 0 amide bonds. The van der Waals surface area contributed by atoms with Crippen molar-refractivity contribution in [1.82, 2.24) is 0 Å². The van der Waals surface area contributed by atoms with Crippen molar-refractivity contribution in [3.63, 3.8) is 0 Å². The number of rotatable bonds is 4. The molecule has 0 atom stereocenters. The average molecular weight is 294 g/mol. The fourth-order valence-corrected chi connectivity index (χ4v) is 2.01. The minimum Gasteiger partial charge on any atom is -0.481 e. The highest BCUT2D eigenvalue weighted by Gasteiger charge is 2.29. The number of halogens is 3. The molecular formula is C16H13F3O2. The van der Waals surface area contributed by atoms with Crippen LogP contribution >= 0.6 is 0 Å². The number of aliphatic carboxylic acids is 1. The van der Waals surface area contributed by atoms with E-state index in [1.807, 2.05) is 0 Å². The van der Waals surface area contributed by atoms with Crippen LogP contribution < -0.4 is 0 Å². The van der Waals surface area contributed by atoms with E-state index in [1.54, 1.807) is 24.3 Å². The normalized spacial score (nSPS) is 11.4. The Kier molecular flexibility index (Phi) is 4.31. The summed E-state index contributed by atoms with van der Waals surface area (Å²) in [6.45, 7) is 0. The van der Waals surface area contributed by atoms with Crippen molar-refractivity contribution in [1.29, 1.82) is 0 Å². The van der Waals surface area contributed by atoms with E-state index in [2.05, 4.69) is 0 Å². The topological polar surface area (TPSA) is 37.3 Å². The van der Waals surface area contributed by atoms with Crippen LogP contribution in [0.4, 0.5) is 13.2 Å². The second-order valence-corrected chi connectivity index (χ2v) is 4.67. The van der Waals surface area contributed by atoms with Gasteiger partial charge in [0.1, 0.15) is 0 Å². The van der Waals surface area contributed by atoms with Crippen molar-refractivity contribution in [3.05, 3.63) is 59.7 Å². The largest absolute Gasteiger partial charge is 0.481 e. The monoisotopic (exact) mass is 294 g/mol. The van der Waals surface area contributed by atoms with Gasteiger partial charge in [0.25, 0.3) is 0 Å². The van der Waals surface area contributed by atoms with Gasteiger partial charge in [-0.05, 0) is 35.2 Å². The molecule has 0 saturated carbocycles. The first-order valence-electron chi connectivity index (χ1n) is 6.34. The van der Waals surface area contributed by atoms with Gasteiger partial charge in [-0.3, -0.25) is 4.79 Å². The summed E-state index contributed by atoms with van der Waals surface area (Å²) in [4.78, 5) is 10.6. The smallest absolute Gasteiger partial charge is 0.416 e. The van der Waals surface area contributed by atoms with E-state index in [9.17, 15) is 18.0 Å². The Hall–Kier alpha value is -2.30. The summed E-state index contributed by atoms with van der Waals surface area (Å²) in [6.07, 6.45) is -3.93. The zero-order chi connectivity index (χ0) is 15.5. The zero-order valence-electron chi connectivity index (χ0n) is 11.0. The van der Waals surface area contributed by atoms with Gasteiger partial charge < -0.3 is 5.11 Å². The molecule has 21 heavy (non-hydrogen) atoms. The van der Waals surface area contributed by atoms with E-state index in [0.29, 0.717) is 12.0 Å². The lowest BCUT2D eigenvalue weighted by atomic mass is 10.00. The Morgan fingerprint density at radius 2 is 1.67 bits per heavy atom. The maximum atomic E-state index is 12.5. The van der Waals surface area contributed by atoms with Crippen LogP contribution in [0, 0.1) is 0 Å². The SMILES string of the molecule is O=C(O)CCc1cccc(-c2ccc(C(F)(F)F)cc2)c1. The molecule has 2 rings (SSSR count). The molecular weight excluding hydrogens is 281 g/mol. The predicted octanol–water partition coefficient (Wildman–Crippen LogP) is 4.39. The molecule has 0 aliphatic rings. The second kappa shape index (κ2) is 5.99. The number of hydrogen-bond acceptors (Lipinski definition) is 1. The van der Waals surface area contributed by atoms with Gasteiger partial charge in [0.2, 0.25) is 0 Å². The van der Waals surface area contributed by atoms with Crippen molar-refractivity contribution in [2.24, 2.45) is 0 Å². The van der Waals surface area contributed by atoms with Gasteiger partial charge in [-0.25, -0.2) is 0 Å². The Morgan fingerprint density at radius 3 is 2.24 bits per heavy atom. The van der Waals surface area contributed by atoms with E-state index in [-0.39, 0.29) is 6.42 Å². The maximum absolute atomic E-state index is 12.5. The Labute approximate surface area is 119 Å². The summed E-state index contributed by atoms with van der Waals surface area (Å²) in [6, 6.07) is 12.1. The molecule has 0 aliphatic carbocycles. The van der Waals surface area contributed by atoms with Crippen LogP contribution in [0.25, 0.3) is 11.1 Å². The molecule has 2 nitrogen and oxygen atoms in total. The molecule has 0 radical (unpaired) electrons. The fraction of sp³-hybridized carbons (Fsp3) is 0.188. The molecule has 0 aliphatic heterocycles. The lowest BCUT2D eigenvalue weighted by Crippen LogP contribution is -2.04. The summed E-state index contributed by atoms with van der Waals surface area (Å²) in [7, 11) is 0. The number of aryl methyl sites for hydroxylation is 1. The van der Waals surface area contributed by atoms with Crippen LogP contribution in [-0.4, -0.2) is 11.1 Å². The zero-order valence-corrected chi connectivity index (χ0v) is 11.0. The standard InChI is InChI=1S/C16H13F3O2/c17-16(18,19)14-7-5-12(6-8-14)13-3-1-2-11(10-13)4-9-15(20)21/h1-3,5-8,10H,4,9H2,(H,20,21). The van der Waals surface area contributed by atoms with E-state index in [1.165, 1.54) is 12.1 Å². The summed E-state index contributed by atoms with van der Waals surface area (Å²) < 4.78 is 37.5. The van der Waals surface area contributed by atoms with Crippen LogP contribution in [0.15, 0.2) is 48.5 Å². The molecule has 1 N–H and O–H groups in total. The van der Waals surface area contributed by atoms with Gasteiger partial charge in [-0.15, -0.1) is 0 Å². The molecule has 0 saturated heterocycles. The molecule has 2 aromatic rings. The number of carbonyl (C=O) groups is 1. The highest BCUT2D eigenvalue weighted by Crippen LogP contribution is 2.31. The first kappa shape index (κ1) is 15.1. The van der Waals surface area contributed by atoms with Crippen LogP contribution in [0.5, 0.6) is 0 Å². The third-order valence-electron chi connectivity index (χ3n) is 3.10. The van der Waals surface area contributed by atoms with Crippen LogP contribution in [0.2, 0.25) is 0 Å². The number of carboxylic acids is 1. The molecule has 0 heterocycles. The molecule has 0 fully saturated rings. The van der Waals surface area contributed by atoms with E-state index in [0.717, 1.165) is 23.3 Å². The number of alkyl halides is 3. The van der Waals surface area contributed by atoms with Gasteiger partial charge in [-0.2, -0.15) is 13.2 Å². The first-order chi connectivity index (χ1) is 9.86. The molecule has 110 valence electrons. The average Bonchev–Trinajstić information content (AvgIpc) is 2.45. The Bertz CT molecular complexity index is 631. The van der Waals surface area contributed by atoms with E-state index >= 15 is 0 Å². The Balaban J connectivity index is 2.22. The van der Waals surface area contributed by atoms with E-state index < -0.39 is 17.7 Å². The molecule has 0 aromatic heterocycles. The van der Waals surface area contributed by atoms with Gasteiger partial charge in [0.05, 0.1) is 5.56 Å². The third kappa shape index (κ3) is 4.08. The minimum atomic E-state index is -4.35. The highest BCUT2D eigenvalue weighted by atomic mass is 19.4. The molecule has 0 unspecified atom stereocenters. The number of carboxylic acid groups (broad SMARTS) is 1. The summed E-state index contributed by atoms with van der Waals surface area (Å²) in [5.74, 6) is -0.880. The lowest BCUT2D eigenvalue weighted by Gasteiger charge is -2.08. The highest BCUT2D eigenvalue weighted by molar-refractivity contribution is 5.68. The Morgan fingerprint density at radius 1 is 1.00 bits per heavy atom. The maximum Gasteiger partial charge on any atom is 0.416 e. The van der Waals surface area contributed by atoms with Crippen LogP contribution in [0.3, 0.4) is 0 Å². The third-order valence-corrected chi connectivity index (χ3v) is 3.10. The first-order valence-corrected chi connectivity index (χ1v) is 6.34. The van der Waals surface area contributed by atoms with Gasteiger partial charge >= 0.3 is 12.1 Å². The van der Waals surface area contributed by atoms with E-state index in [4.69, 9.17) is 5.11 Å². The van der Waals surface area contributed by atoms with Crippen molar-refractivity contribution in [2.45, 2.75) is 19.0 Å². The summed E-state index contributed by atoms with van der Waals surface area (Å²) >= 11 is 0. The van der Waals surface area contributed by atoms with Crippen LogP contribution in [0.1, 0.15) is 17.5 Å². The number of benzene rings is 2. The van der Waals surface area contributed by atoms with Gasteiger partial charge in [0, 0.05) is 6.42 Å². The summed E-state index contributed by atoms with van der Waals surface area (Å²) in [5, 5.41) is 8.66. The number of hydrogen-bond donors (Lipinski definition) is 1. The predicted molar refractivity (Wildman–Crippen MR) is 72.8 cm³/mol. The second-order valence-electron chi connectivity index (χ2n) is 4.67. The van der Waals surface area contributed by atoms with Crippen molar-refractivity contribution in [3.8, 4) is 11.1 Å². The molecule has 5 heteroatoms. The van der Waals surface area contributed by atoms with Crippen molar-refractivity contribution in [2.75, 3.05) is 0 Å². The van der Waals surface area contributed by atoms with Gasteiger partial charge in [0.15, 0.2) is 0 Å². The van der Waals surface area contributed by atoms with Crippen LogP contribution in [-0.2, 0) is 17.4 Å². The fourth-order valence-electron chi connectivity index (χ4n) is 2.01. The van der Waals surface area contributed by atoms with Crippen molar-refractivity contribution >= 4 is 5.97 Å². The summed E-state index contributed by atoms with van der Waals surface area (Å²) in [5.41, 5.74) is 1.59. The molecule has 0 bridgehead atoms. The minimum absolute atomic E-state index is 0.0243. The molecule has 2 aromatic carbocycles.